The van der Waals surface area contributed by atoms with Gasteiger partial charge in [-0.25, -0.2) is 9.78 Å². The van der Waals surface area contributed by atoms with Gasteiger partial charge in [0, 0.05) is 23.8 Å². The Bertz CT molecular complexity index is 738. The van der Waals surface area contributed by atoms with Crippen molar-refractivity contribution in [1.82, 2.24) is 10.1 Å². The first-order chi connectivity index (χ1) is 11.9. The standard InChI is InChI=1S/C16H21N3O5S/c1-9(2)7-11-14(15(21)23-4)18-16(25-11)17-12(20)6-5-10-8-13(22-3)19-24-10/h8-9H,5-7H2,1-4H3,(H,17,18,20). The van der Waals surface area contributed by atoms with E-state index in [0.717, 1.165) is 4.88 Å². The van der Waals surface area contributed by atoms with E-state index in [2.05, 4.69) is 15.5 Å². The molecule has 0 atom stereocenters. The number of nitrogens with zero attached hydrogens (tertiary/aromatic N) is 2. The van der Waals surface area contributed by atoms with Crippen molar-refractivity contribution in [3.8, 4) is 5.88 Å². The van der Waals surface area contributed by atoms with E-state index in [-0.39, 0.29) is 18.0 Å². The van der Waals surface area contributed by atoms with Crippen molar-refractivity contribution in [2.24, 2.45) is 5.92 Å². The first kappa shape index (κ1) is 18.9. The van der Waals surface area contributed by atoms with Gasteiger partial charge in [0.25, 0.3) is 5.88 Å². The predicted octanol–water partition coefficient (Wildman–Crippen LogP) is 2.70. The number of esters is 1. The summed E-state index contributed by atoms with van der Waals surface area (Å²) in [4.78, 5) is 28.9. The van der Waals surface area contributed by atoms with E-state index in [1.165, 1.54) is 25.6 Å². The van der Waals surface area contributed by atoms with E-state index >= 15 is 0 Å². The Balaban J connectivity index is 1.99. The second kappa shape index (κ2) is 8.61. The molecule has 0 unspecified atom stereocenters. The van der Waals surface area contributed by atoms with Crippen molar-refractivity contribution in [2.75, 3.05) is 19.5 Å². The molecular formula is C16H21N3O5S. The number of amides is 1. The number of thiazole rings is 1. The van der Waals surface area contributed by atoms with Crippen LogP contribution in [0.1, 0.15) is 41.4 Å². The molecule has 0 bridgehead atoms. The van der Waals surface area contributed by atoms with E-state index < -0.39 is 5.97 Å². The van der Waals surface area contributed by atoms with Crippen LogP contribution in [0.4, 0.5) is 5.13 Å². The maximum atomic E-state index is 12.1. The molecule has 1 amide bonds. The molecule has 0 aliphatic rings. The number of methoxy groups -OCH3 is 2. The molecule has 2 aromatic rings. The van der Waals surface area contributed by atoms with Crippen molar-refractivity contribution < 1.29 is 23.6 Å². The minimum atomic E-state index is -0.499. The lowest BCUT2D eigenvalue weighted by atomic mass is 10.1. The fraction of sp³-hybridized carbons (Fsp3) is 0.500. The molecule has 2 rings (SSSR count). The number of rotatable bonds is 8. The van der Waals surface area contributed by atoms with Gasteiger partial charge in [0.05, 0.1) is 14.2 Å². The lowest BCUT2D eigenvalue weighted by Crippen LogP contribution is -2.12. The van der Waals surface area contributed by atoms with E-state index in [1.54, 1.807) is 6.07 Å². The summed E-state index contributed by atoms with van der Waals surface area (Å²) >= 11 is 1.29. The second-order valence-electron chi connectivity index (χ2n) is 5.76. The number of nitrogens with one attached hydrogen (secondary N) is 1. The summed E-state index contributed by atoms with van der Waals surface area (Å²) in [5, 5.41) is 6.78. The monoisotopic (exact) mass is 367 g/mol. The van der Waals surface area contributed by atoms with E-state index in [4.69, 9.17) is 14.0 Å². The number of hydrogen-bond donors (Lipinski definition) is 1. The highest BCUT2D eigenvalue weighted by Gasteiger charge is 2.20. The van der Waals surface area contributed by atoms with Gasteiger partial charge in [-0.05, 0) is 17.5 Å². The van der Waals surface area contributed by atoms with Gasteiger partial charge in [0.1, 0.15) is 5.76 Å². The zero-order valence-corrected chi connectivity index (χ0v) is 15.4. The summed E-state index contributed by atoms with van der Waals surface area (Å²) in [5.41, 5.74) is 0.261. The quantitative estimate of drug-likeness (QED) is 0.715. The number of carbonyl (C=O) groups excluding carboxylic acids is 2. The highest BCUT2D eigenvalue weighted by atomic mass is 32.1. The number of anilines is 1. The van der Waals surface area contributed by atoms with Gasteiger partial charge in [0.15, 0.2) is 10.8 Å². The molecule has 0 saturated carbocycles. The van der Waals surface area contributed by atoms with Gasteiger partial charge >= 0.3 is 5.97 Å². The van der Waals surface area contributed by atoms with Gasteiger partial charge in [-0.2, -0.15) is 0 Å². The fourth-order valence-corrected chi connectivity index (χ4v) is 3.27. The third-order valence-electron chi connectivity index (χ3n) is 3.26. The molecule has 0 radical (unpaired) electrons. The van der Waals surface area contributed by atoms with Crippen LogP contribution in [-0.2, 0) is 22.4 Å². The Morgan fingerprint density at radius 3 is 2.72 bits per heavy atom. The van der Waals surface area contributed by atoms with Gasteiger partial charge in [-0.3, -0.25) is 4.79 Å². The number of aryl methyl sites for hydroxylation is 1. The maximum absolute atomic E-state index is 12.1. The number of carbonyl (C=O) groups is 2. The third kappa shape index (κ3) is 5.28. The minimum Gasteiger partial charge on any atom is -0.479 e. The zero-order chi connectivity index (χ0) is 18.4. The summed E-state index contributed by atoms with van der Waals surface area (Å²) in [5.74, 6) is 0.560. The van der Waals surface area contributed by atoms with Crippen LogP contribution in [-0.4, -0.2) is 36.2 Å². The lowest BCUT2D eigenvalue weighted by Gasteiger charge is -2.02. The Hall–Kier alpha value is -2.42. The normalized spacial score (nSPS) is 10.8. The second-order valence-corrected chi connectivity index (χ2v) is 6.85. The largest absolute Gasteiger partial charge is 0.479 e. The molecular weight excluding hydrogens is 346 g/mol. The molecule has 25 heavy (non-hydrogen) atoms. The summed E-state index contributed by atoms with van der Waals surface area (Å²) in [6.07, 6.45) is 1.27. The van der Waals surface area contributed by atoms with Crippen LogP contribution in [0.2, 0.25) is 0 Å². The first-order valence-corrected chi connectivity index (χ1v) is 8.62. The van der Waals surface area contributed by atoms with E-state index in [1.807, 2.05) is 13.8 Å². The van der Waals surface area contributed by atoms with Gasteiger partial charge in [0.2, 0.25) is 5.91 Å². The fourth-order valence-electron chi connectivity index (χ4n) is 2.10. The van der Waals surface area contributed by atoms with Crippen molar-refractivity contribution >= 4 is 28.3 Å². The third-order valence-corrected chi connectivity index (χ3v) is 4.25. The smallest absolute Gasteiger partial charge is 0.357 e. The summed E-state index contributed by atoms with van der Waals surface area (Å²) in [7, 11) is 2.80. The summed E-state index contributed by atoms with van der Waals surface area (Å²) in [6, 6.07) is 1.63. The van der Waals surface area contributed by atoms with Crippen molar-refractivity contribution in [1.29, 1.82) is 0 Å². The Labute approximate surface area is 149 Å². The molecule has 2 heterocycles. The molecule has 0 saturated heterocycles. The van der Waals surface area contributed by atoms with Gasteiger partial charge in [-0.15, -0.1) is 11.3 Å². The van der Waals surface area contributed by atoms with Crippen LogP contribution in [0.5, 0.6) is 5.88 Å². The van der Waals surface area contributed by atoms with Crippen LogP contribution in [0.15, 0.2) is 10.6 Å². The SMILES string of the molecule is COC(=O)c1nc(NC(=O)CCc2cc(OC)no2)sc1CC(C)C. The number of hydrogen-bond acceptors (Lipinski definition) is 8. The molecule has 1 N–H and O–H groups in total. The molecule has 0 aliphatic heterocycles. The summed E-state index contributed by atoms with van der Waals surface area (Å²) < 4.78 is 14.7. The highest BCUT2D eigenvalue weighted by Crippen LogP contribution is 2.26. The number of ether oxygens (including phenoxy) is 2. The highest BCUT2D eigenvalue weighted by molar-refractivity contribution is 7.16. The van der Waals surface area contributed by atoms with Crippen molar-refractivity contribution in [3.63, 3.8) is 0 Å². The molecule has 2 aromatic heterocycles. The Morgan fingerprint density at radius 1 is 1.36 bits per heavy atom. The van der Waals surface area contributed by atoms with Crippen molar-refractivity contribution in [3.05, 3.63) is 22.4 Å². The van der Waals surface area contributed by atoms with E-state index in [0.29, 0.717) is 35.5 Å². The molecule has 0 aliphatic carbocycles. The van der Waals surface area contributed by atoms with Crippen molar-refractivity contribution in [2.45, 2.75) is 33.1 Å². The van der Waals surface area contributed by atoms with Gasteiger partial charge in [-0.1, -0.05) is 13.8 Å². The first-order valence-electron chi connectivity index (χ1n) is 7.80. The molecule has 0 aromatic carbocycles. The topological polar surface area (TPSA) is 104 Å². The Kier molecular flexibility index (Phi) is 6.51. The molecule has 8 nitrogen and oxygen atoms in total. The lowest BCUT2D eigenvalue weighted by molar-refractivity contribution is -0.116. The molecule has 0 fully saturated rings. The average molecular weight is 367 g/mol. The van der Waals surface area contributed by atoms with Crippen LogP contribution in [0.3, 0.4) is 0 Å². The maximum Gasteiger partial charge on any atom is 0.357 e. The van der Waals surface area contributed by atoms with Gasteiger partial charge < -0.3 is 19.3 Å². The molecule has 136 valence electrons. The zero-order valence-electron chi connectivity index (χ0n) is 14.6. The van der Waals surface area contributed by atoms with Crippen LogP contribution < -0.4 is 10.1 Å². The number of aromatic nitrogens is 2. The van der Waals surface area contributed by atoms with Crippen LogP contribution in [0, 0.1) is 5.92 Å². The van der Waals surface area contributed by atoms with Crippen LogP contribution in [0.25, 0.3) is 0 Å². The predicted molar refractivity (Wildman–Crippen MR) is 92.0 cm³/mol. The average Bonchev–Trinajstić information content (AvgIpc) is 3.18. The summed E-state index contributed by atoms with van der Waals surface area (Å²) in [6.45, 7) is 4.09. The molecule has 9 heteroatoms. The van der Waals surface area contributed by atoms with E-state index in [9.17, 15) is 9.59 Å². The molecule has 0 spiro atoms. The Morgan fingerprint density at radius 2 is 2.12 bits per heavy atom. The minimum absolute atomic E-state index is 0.199. The van der Waals surface area contributed by atoms with Crippen LogP contribution >= 0.6 is 11.3 Å².